The van der Waals surface area contributed by atoms with Crippen molar-refractivity contribution in [3.8, 4) is 0 Å². The molecule has 1 N–H and O–H groups in total. The summed E-state index contributed by atoms with van der Waals surface area (Å²) in [5.74, 6) is 0. The van der Waals surface area contributed by atoms with Crippen molar-refractivity contribution in [1.29, 1.82) is 0 Å². The Morgan fingerprint density at radius 3 is 2.42 bits per heavy atom. The number of rotatable bonds is 4. The van der Waals surface area contributed by atoms with Crippen LogP contribution in [0.4, 0.5) is 0 Å². The third kappa shape index (κ3) is 3.95. The summed E-state index contributed by atoms with van der Waals surface area (Å²) in [5, 5.41) is 3.86. The Bertz CT molecular complexity index is 260. The van der Waals surface area contributed by atoms with E-state index in [2.05, 4.69) is 31.0 Å². The van der Waals surface area contributed by atoms with Crippen LogP contribution in [0.5, 0.6) is 0 Å². The highest BCUT2D eigenvalue weighted by molar-refractivity contribution is 4.96. The molecule has 0 aromatic carbocycles. The summed E-state index contributed by atoms with van der Waals surface area (Å²) < 4.78 is 0. The van der Waals surface area contributed by atoms with E-state index in [0.717, 1.165) is 12.1 Å². The first-order valence-corrected chi connectivity index (χ1v) is 8.65. The van der Waals surface area contributed by atoms with Crippen LogP contribution in [0, 0.1) is 0 Å². The lowest BCUT2D eigenvalue weighted by Gasteiger charge is -2.43. The lowest BCUT2D eigenvalue weighted by atomic mass is 9.88. The lowest BCUT2D eigenvalue weighted by Crippen LogP contribution is -2.55. The van der Waals surface area contributed by atoms with Gasteiger partial charge in [0.1, 0.15) is 0 Å². The van der Waals surface area contributed by atoms with Crippen LogP contribution in [0.3, 0.4) is 0 Å². The second kappa shape index (κ2) is 7.08. The summed E-state index contributed by atoms with van der Waals surface area (Å²) in [6, 6.07) is 1.52. The van der Waals surface area contributed by atoms with Gasteiger partial charge in [-0.25, -0.2) is 0 Å². The highest BCUT2D eigenvalue weighted by Crippen LogP contribution is 2.34. The zero-order valence-electron chi connectivity index (χ0n) is 13.4. The molecule has 0 aromatic heterocycles. The molecule has 2 nitrogen and oxygen atoms in total. The van der Waals surface area contributed by atoms with E-state index in [1.54, 1.807) is 0 Å². The van der Waals surface area contributed by atoms with Gasteiger partial charge < -0.3 is 5.32 Å². The van der Waals surface area contributed by atoms with Crippen molar-refractivity contribution >= 4 is 0 Å². The normalized spacial score (nSPS) is 33.0. The average Bonchev–Trinajstić information content (AvgIpc) is 2.68. The number of nitrogens with zero attached hydrogens (tertiary/aromatic N) is 1. The molecule has 2 fully saturated rings. The van der Waals surface area contributed by atoms with Gasteiger partial charge in [-0.05, 0) is 59.0 Å². The minimum Gasteiger partial charge on any atom is -0.312 e. The fourth-order valence-electron chi connectivity index (χ4n) is 4.15. The van der Waals surface area contributed by atoms with Gasteiger partial charge >= 0.3 is 0 Å². The van der Waals surface area contributed by atoms with Gasteiger partial charge in [-0.2, -0.15) is 0 Å². The van der Waals surface area contributed by atoms with Crippen LogP contribution in [0.25, 0.3) is 0 Å². The van der Waals surface area contributed by atoms with E-state index in [1.165, 1.54) is 70.9 Å². The smallest absolute Gasteiger partial charge is 0.0254 e. The summed E-state index contributed by atoms with van der Waals surface area (Å²) >= 11 is 0. The monoisotopic (exact) mass is 266 g/mol. The summed E-state index contributed by atoms with van der Waals surface area (Å²) in [7, 11) is 0. The molecule has 0 bridgehead atoms. The number of hydrogen-bond acceptors (Lipinski definition) is 2. The largest absolute Gasteiger partial charge is 0.312 e. The first-order chi connectivity index (χ1) is 9.15. The van der Waals surface area contributed by atoms with E-state index in [4.69, 9.17) is 0 Å². The quantitative estimate of drug-likeness (QED) is 0.829. The molecule has 1 heterocycles. The third-order valence-electron chi connectivity index (χ3n) is 5.25. The van der Waals surface area contributed by atoms with Gasteiger partial charge in [-0.3, -0.25) is 4.90 Å². The Morgan fingerprint density at radius 1 is 1.05 bits per heavy atom. The van der Waals surface area contributed by atoms with Crippen LogP contribution < -0.4 is 5.32 Å². The van der Waals surface area contributed by atoms with Crippen LogP contribution in [-0.4, -0.2) is 35.6 Å². The first kappa shape index (κ1) is 15.3. The fourth-order valence-corrected chi connectivity index (χ4v) is 4.15. The Hall–Kier alpha value is -0.0800. The maximum atomic E-state index is 3.86. The van der Waals surface area contributed by atoms with Crippen molar-refractivity contribution in [2.45, 2.75) is 96.2 Å². The topological polar surface area (TPSA) is 15.3 Å². The molecule has 112 valence electrons. The van der Waals surface area contributed by atoms with Crippen molar-refractivity contribution in [1.82, 2.24) is 10.2 Å². The lowest BCUT2D eigenvalue weighted by molar-refractivity contribution is 0.0742. The standard InChI is InChI=1S/C17H34N2/c1-4-13-18-15-10-7-5-6-8-11-16(15)19-14-9-12-17(19,2)3/h15-16,18H,4-14H2,1-3H3. The van der Waals surface area contributed by atoms with Crippen LogP contribution in [0.15, 0.2) is 0 Å². The van der Waals surface area contributed by atoms with Gasteiger partial charge in [0.2, 0.25) is 0 Å². The van der Waals surface area contributed by atoms with Gasteiger partial charge in [0.25, 0.3) is 0 Å². The van der Waals surface area contributed by atoms with Gasteiger partial charge in [-0.15, -0.1) is 0 Å². The zero-order valence-corrected chi connectivity index (χ0v) is 13.4. The van der Waals surface area contributed by atoms with E-state index < -0.39 is 0 Å². The van der Waals surface area contributed by atoms with Gasteiger partial charge in [0.05, 0.1) is 0 Å². The molecule has 2 unspecified atom stereocenters. The predicted molar refractivity (Wildman–Crippen MR) is 83.6 cm³/mol. The van der Waals surface area contributed by atoms with E-state index >= 15 is 0 Å². The van der Waals surface area contributed by atoms with Gasteiger partial charge in [0.15, 0.2) is 0 Å². The summed E-state index contributed by atoms with van der Waals surface area (Å²) in [5.41, 5.74) is 0.427. The van der Waals surface area contributed by atoms with Crippen LogP contribution in [0.1, 0.15) is 78.6 Å². The SMILES string of the molecule is CCCNC1CCCCCCC1N1CCCC1(C)C. The Balaban J connectivity index is 2.05. The molecule has 0 amide bonds. The van der Waals surface area contributed by atoms with Crippen molar-refractivity contribution in [2.75, 3.05) is 13.1 Å². The molecule has 1 aliphatic carbocycles. The second-order valence-corrected chi connectivity index (χ2v) is 7.23. The highest BCUT2D eigenvalue weighted by atomic mass is 15.3. The average molecular weight is 266 g/mol. The number of hydrogen-bond donors (Lipinski definition) is 1. The van der Waals surface area contributed by atoms with Crippen molar-refractivity contribution in [3.63, 3.8) is 0 Å². The summed E-state index contributed by atoms with van der Waals surface area (Å²) in [6.45, 7) is 9.70. The minimum absolute atomic E-state index is 0.427. The van der Waals surface area contributed by atoms with E-state index in [1.807, 2.05) is 0 Å². The molecule has 19 heavy (non-hydrogen) atoms. The zero-order chi connectivity index (χ0) is 13.7. The molecule has 1 aliphatic heterocycles. The minimum atomic E-state index is 0.427. The number of nitrogens with one attached hydrogen (secondary N) is 1. The van der Waals surface area contributed by atoms with E-state index in [-0.39, 0.29) is 0 Å². The Kier molecular flexibility index (Phi) is 5.70. The van der Waals surface area contributed by atoms with E-state index in [9.17, 15) is 0 Å². The van der Waals surface area contributed by atoms with Crippen molar-refractivity contribution < 1.29 is 0 Å². The molecule has 0 spiro atoms. The molecule has 1 saturated heterocycles. The Morgan fingerprint density at radius 2 is 1.79 bits per heavy atom. The van der Waals surface area contributed by atoms with Crippen LogP contribution in [-0.2, 0) is 0 Å². The highest BCUT2D eigenvalue weighted by Gasteiger charge is 2.39. The Labute approximate surface area is 120 Å². The molecular weight excluding hydrogens is 232 g/mol. The fraction of sp³-hybridized carbons (Fsp3) is 1.00. The third-order valence-corrected chi connectivity index (χ3v) is 5.25. The number of likely N-dealkylation sites (tertiary alicyclic amines) is 1. The van der Waals surface area contributed by atoms with Crippen LogP contribution >= 0.6 is 0 Å². The van der Waals surface area contributed by atoms with Crippen LogP contribution in [0.2, 0.25) is 0 Å². The summed E-state index contributed by atoms with van der Waals surface area (Å²) in [4.78, 5) is 2.84. The molecule has 2 rings (SSSR count). The summed E-state index contributed by atoms with van der Waals surface area (Å²) in [6.07, 6.45) is 12.6. The van der Waals surface area contributed by atoms with E-state index in [0.29, 0.717) is 5.54 Å². The van der Waals surface area contributed by atoms with Crippen molar-refractivity contribution in [3.05, 3.63) is 0 Å². The molecule has 0 aromatic rings. The molecule has 2 atom stereocenters. The molecule has 2 heteroatoms. The predicted octanol–water partition coefficient (Wildman–Crippen LogP) is 3.95. The van der Waals surface area contributed by atoms with Gasteiger partial charge in [-0.1, -0.05) is 32.6 Å². The first-order valence-electron chi connectivity index (χ1n) is 8.65. The van der Waals surface area contributed by atoms with Gasteiger partial charge in [0, 0.05) is 17.6 Å². The molecule has 2 aliphatic rings. The molecule has 1 saturated carbocycles. The maximum Gasteiger partial charge on any atom is 0.0254 e. The maximum absolute atomic E-state index is 3.86. The second-order valence-electron chi connectivity index (χ2n) is 7.23. The molecule has 0 radical (unpaired) electrons. The van der Waals surface area contributed by atoms with Crippen molar-refractivity contribution in [2.24, 2.45) is 0 Å². The molecular formula is C17H34N2.